The van der Waals surface area contributed by atoms with E-state index in [1.165, 1.54) is 5.56 Å². The van der Waals surface area contributed by atoms with E-state index < -0.39 is 5.41 Å². The Morgan fingerprint density at radius 3 is 2.26 bits per heavy atom. The minimum Gasteiger partial charge on any atom is -0.304 e. The van der Waals surface area contributed by atoms with Crippen molar-refractivity contribution in [1.82, 2.24) is 10.2 Å². The molecule has 126 valence electrons. The highest BCUT2D eigenvalue weighted by molar-refractivity contribution is 6.03. The fourth-order valence-electron chi connectivity index (χ4n) is 3.38. The second-order valence-corrected chi connectivity index (χ2v) is 6.29. The number of rotatable bonds is 7. The molecule has 1 aromatic rings. The second-order valence-electron chi connectivity index (χ2n) is 6.29. The van der Waals surface area contributed by atoms with Gasteiger partial charge in [0.2, 0.25) is 11.8 Å². The molecule has 1 heterocycles. The molecule has 1 aromatic carbocycles. The summed E-state index contributed by atoms with van der Waals surface area (Å²) in [4.78, 5) is 26.2. The minimum atomic E-state index is -0.550. The van der Waals surface area contributed by atoms with E-state index >= 15 is 0 Å². The van der Waals surface area contributed by atoms with Crippen molar-refractivity contribution in [3.05, 3.63) is 35.4 Å². The second kappa shape index (κ2) is 7.73. The lowest BCUT2D eigenvalue weighted by atomic mass is 9.72. The molecule has 0 spiro atoms. The number of amides is 2. The van der Waals surface area contributed by atoms with Gasteiger partial charge in [0.15, 0.2) is 0 Å². The van der Waals surface area contributed by atoms with E-state index in [1.807, 2.05) is 6.92 Å². The van der Waals surface area contributed by atoms with Gasteiger partial charge in [0, 0.05) is 13.0 Å². The maximum Gasteiger partial charge on any atom is 0.237 e. The van der Waals surface area contributed by atoms with E-state index in [0.717, 1.165) is 31.6 Å². The molecule has 0 bridgehead atoms. The normalized spacial score (nSPS) is 21.6. The van der Waals surface area contributed by atoms with E-state index in [9.17, 15) is 9.59 Å². The van der Waals surface area contributed by atoms with Gasteiger partial charge < -0.3 is 4.90 Å². The van der Waals surface area contributed by atoms with Crippen LogP contribution in [0.25, 0.3) is 0 Å². The molecule has 23 heavy (non-hydrogen) atoms. The van der Waals surface area contributed by atoms with Crippen molar-refractivity contribution in [3.63, 3.8) is 0 Å². The lowest BCUT2D eigenvalue weighted by molar-refractivity contribution is -0.138. The summed E-state index contributed by atoms with van der Waals surface area (Å²) in [6, 6.07) is 8.38. The molecular weight excluding hydrogens is 288 g/mol. The Morgan fingerprint density at radius 2 is 1.74 bits per heavy atom. The highest BCUT2D eigenvalue weighted by atomic mass is 16.2. The van der Waals surface area contributed by atoms with Gasteiger partial charge in [-0.05, 0) is 43.5 Å². The third kappa shape index (κ3) is 3.81. The number of piperidine rings is 1. The number of nitrogens with zero attached hydrogens (tertiary/aromatic N) is 1. The van der Waals surface area contributed by atoms with Gasteiger partial charge in [-0.2, -0.15) is 0 Å². The number of imide groups is 1. The van der Waals surface area contributed by atoms with E-state index in [-0.39, 0.29) is 11.8 Å². The SMILES string of the molecule is CCN(CC)CCc1ccc([C@@]2(CC)CCC(=O)NC2=O)cc1. The number of carbonyl (C=O) groups is 2. The van der Waals surface area contributed by atoms with Crippen LogP contribution < -0.4 is 5.32 Å². The first-order valence-corrected chi connectivity index (χ1v) is 8.71. The quantitative estimate of drug-likeness (QED) is 0.787. The van der Waals surface area contributed by atoms with Crippen LogP contribution in [0.3, 0.4) is 0 Å². The molecule has 0 unspecified atom stereocenters. The maximum atomic E-state index is 12.4. The molecule has 1 aliphatic rings. The first-order chi connectivity index (χ1) is 11.1. The zero-order valence-electron chi connectivity index (χ0n) is 14.5. The summed E-state index contributed by atoms with van der Waals surface area (Å²) in [5.41, 5.74) is 1.77. The van der Waals surface area contributed by atoms with Crippen LogP contribution in [-0.4, -0.2) is 36.3 Å². The van der Waals surface area contributed by atoms with Crippen LogP contribution in [-0.2, 0) is 21.4 Å². The van der Waals surface area contributed by atoms with E-state index in [0.29, 0.717) is 19.3 Å². The molecule has 1 atom stereocenters. The molecule has 1 saturated heterocycles. The maximum absolute atomic E-state index is 12.4. The molecular formula is C19H28N2O2. The zero-order valence-corrected chi connectivity index (χ0v) is 14.5. The summed E-state index contributed by atoms with van der Waals surface area (Å²) in [7, 11) is 0. The fraction of sp³-hybridized carbons (Fsp3) is 0.579. The highest BCUT2D eigenvalue weighted by Gasteiger charge is 2.42. The van der Waals surface area contributed by atoms with Crippen molar-refractivity contribution in [1.29, 1.82) is 0 Å². The predicted octanol–water partition coefficient (Wildman–Crippen LogP) is 2.66. The molecule has 1 fully saturated rings. The van der Waals surface area contributed by atoms with Gasteiger partial charge in [-0.15, -0.1) is 0 Å². The van der Waals surface area contributed by atoms with Crippen molar-refractivity contribution < 1.29 is 9.59 Å². The van der Waals surface area contributed by atoms with Crippen molar-refractivity contribution in [2.24, 2.45) is 0 Å². The lowest BCUT2D eigenvalue weighted by Gasteiger charge is -2.35. The largest absolute Gasteiger partial charge is 0.304 e. The fourth-order valence-corrected chi connectivity index (χ4v) is 3.38. The van der Waals surface area contributed by atoms with Gasteiger partial charge in [0.1, 0.15) is 0 Å². The van der Waals surface area contributed by atoms with Crippen molar-refractivity contribution in [3.8, 4) is 0 Å². The minimum absolute atomic E-state index is 0.146. The standard InChI is InChI=1S/C19H28N2O2/c1-4-19(13-11-17(22)20-18(19)23)16-9-7-15(8-10-16)12-14-21(5-2)6-3/h7-10H,4-6,11-14H2,1-3H3,(H,20,22,23)/t19-/m1/s1. The number of benzene rings is 1. The molecule has 2 amide bonds. The average molecular weight is 316 g/mol. The van der Waals surface area contributed by atoms with E-state index in [4.69, 9.17) is 0 Å². The molecule has 4 nitrogen and oxygen atoms in total. The first kappa shape index (κ1) is 17.7. The summed E-state index contributed by atoms with van der Waals surface area (Å²) in [6.45, 7) is 9.58. The van der Waals surface area contributed by atoms with Crippen molar-refractivity contribution >= 4 is 11.8 Å². The smallest absolute Gasteiger partial charge is 0.237 e. The van der Waals surface area contributed by atoms with Gasteiger partial charge >= 0.3 is 0 Å². The molecule has 0 saturated carbocycles. The van der Waals surface area contributed by atoms with Gasteiger partial charge in [-0.1, -0.05) is 45.0 Å². The highest BCUT2D eigenvalue weighted by Crippen LogP contribution is 2.35. The summed E-state index contributed by atoms with van der Waals surface area (Å²) < 4.78 is 0. The monoisotopic (exact) mass is 316 g/mol. The summed E-state index contributed by atoms with van der Waals surface area (Å²) in [6.07, 6.45) is 2.76. The molecule has 0 aliphatic carbocycles. The molecule has 1 aliphatic heterocycles. The average Bonchev–Trinajstić information content (AvgIpc) is 2.57. The Balaban J connectivity index is 2.11. The van der Waals surface area contributed by atoms with Gasteiger partial charge in [0.05, 0.1) is 5.41 Å². The molecule has 0 aromatic heterocycles. The summed E-state index contributed by atoms with van der Waals surface area (Å²) >= 11 is 0. The lowest BCUT2D eigenvalue weighted by Crippen LogP contribution is -2.51. The molecule has 0 radical (unpaired) electrons. The van der Waals surface area contributed by atoms with E-state index in [2.05, 4.69) is 48.3 Å². The van der Waals surface area contributed by atoms with Crippen LogP contribution in [0.4, 0.5) is 0 Å². The number of hydrogen-bond donors (Lipinski definition) is 1. The summed E-state index contributed by atoms with van der Waals surface area (Å²) in [5, 5.41) is 2.50. The Kier molecular flexibility index (Phi) is 5.94. The van der Waals surface area contributed by atoms with Crippen LogP contribution in [0.5, 0.6) is 0 Å². The van der Waals surface area contributed by atoms with Crippen LogP contribution in [0.1, 0.15) is 51.2 Å². The Labute approximate surface area is 139 Å². The van der Waals surface area contributed by atoms with Crippen LogP contribution in [0.2, 0.25) is 0 Å². The molecule has 4 heteroatoms. The van der Waals surface area contributed by atoms with Gasteiger partial charge in [-0.25, -0.2) is 0 Å². The van der Waals surface area contributed by atoms with Crippen molar-refractivity contribution in [2.45, 2.75) is 51.9 Å². The Hall–Kier alpha value is -1.68. The first-order valence-electron chi connectivity index (χ1n) is 8.71. The predicted molar refractivity (Wildman–Crippen MR) is 92.3 cm³/mol. The number of carbonyl (C=O) groups excluding carboxylic acids is 2. The van der Waals surface area contributed by atoms with Crippen LogP contribution in [0.15, 0.2) is 24.3 Å². The zero-order chi connectivity index (χ0) is 16.9. The third-order valence-corrected chi connectivity index (χ3v) is 5.19. The molecule has 2 rings (SSSR count). The van der Waals surface area contributed by atoms with Crippen molar-refractivity contribution in [2.75, 3.05) is 19.6 Å². The van der Waals surface area contributed by atoms with Gasteiger partial charge in [0.25, 0.3) is 0 Å². The number of nitrogens with one attached hydrogen (secondary N) is 1. The summed E-state index contributed by atoms with van der Waals surface area (Å²) in [5.74, 6) is -0.304. The third-order valence-electron chi connectivity index (χ3n) is 5.19. The molecule has 1 N–H and O–H groups in total. The van der Waals surface area contributed by atoms with Crippen LogP contribution in [0, 0.1) is 0 Å². The van der Waals surface area contributed by atoms with E-state index in [1.54, 1.807) is 0 Å². The van der Waals surface area contributed by atoms with Crippen LogP contribution >= 0.6 is 0 Å². The number of hydrogen-bond acceptors (Lipinski definition) is 3. The Bertz CT molecular complexity index is 549. The topological polar surface area (TPSA) is 49.4 Å². The Morgan fingerprint density at radius 1 is 1.09 bits per heavy atom. The number of likely N-dealkylation sites (N-methyl/N-ethyl adjacent to an activating group) is 1. The van der Waals surface area contributed by atoms with Gasteiger partial charge in [-0.3, -0.25) is 14.9 Å².